The molecule has 1 aromatic heterocycles. The van der Waals surface area contributed by atoms with Crippen molar-refractivity contribution in [1.82, 2.24) is 25.3 Å². The summed E-state index contributed by atoms with van der Waals surface area (Å²) in [7, 11) is 1.80. The molecule has 2 aromatic rings. The van der Waals surface area contributed by atoms with E-state index in [1.807, 2.05) is 6.07 Å². The minimum atomic E-state index is 0.518. The minimum absolute atomic E-state index is 0.518. The smallest absolute Gasteiger partial charge is 0.223 e. The maximum absolute atomic E-state index is 4.99. The molecule has 0 spiro atoms. The third kappa shape index (κ3) is 5.16. The largest absolute Gasteiger partial charge is 0.349 e. The van der Waals surface area contributed by atoms with Crippen molar-refractivity contribution >= 4 is 12.0 Å². The first-order chi connectivity index (χ1) is 12.7. The summed E-state index contributed by atoms with van der Waals surface area (Å²) in [5.74, 6) is 2.11. The van der Waals surface area contributed by atoms with Crippen molar-refractivity contribution in [1.29, 1.82) is 0 Å². The maximum Gasteiger partial charge on any atom is 0.223 e. The van der Waals surface area contributed by atoms with Crippen LogP contribution in [0.15, 0.2) is 45.9 Å². The molecule has 1 aromatic carbocycles. The number of rotatable bonds is 5. The van der Waals surface area contributed by atoms with Gasteiger partial charge in [-0.25, -0.2) is 0 Å². The zero-order valence-electron chi connectivity index (χ0n) is 15.4. The van der Waals surface area contributed by atoms with Crippen molar-refractivity contribution in [3.05, 3.63) is 53.7 Å². The van der Waals surface area contributed by atoms with Gasteiger partial charge in [0.1, 0.15) is 0 Å². The number of piperazine rings is 1. The Bertz CT molecular complexity index is 731. The monoisotopic (exact) mass is 354 g/mol. The van der Waals surface area contributed by atoms with Crippen LogP contribution in [0.1, 0.15) is 17.3 Å². The number of hydrogen-bond donors (Lipinski definition) is 1. The lowest BCUT2D eigenvalue weighted by atomic mass is 10.2. The first-order valence-electron chi connectivity index (χ1n) is 8.93. The van der Waals surface area contributed by atoms with E-state index in [2.05, 4.69) is 66.7 Å². The minimum Gasteiger partial charge on any atom is -0.349 e. The van der Waals surface area contributed by atoms with E-state index in [9.17, 15) is 0 Å². The molecule has 1 fully saturated rings. The summed E-state index contributed by atoms with van der Waals surface area (Å²) in [5, 5.41) is 7.21. The standard InChI is InChI=1S/C19H26N6O/c1-16-22-18(23-26-16)15-21-19(20-2)25-13-11-24(12-14-25)10-6-9-17-7-4-3-5-8-17/h3-9H,10-15H2,1-2H3,(H,20,21)/b9-6+. The van der Waals surface area contributed by atoms with Crippen LogP contribution in [0.25, 0.3) is 6.08 Å². The van der Waals surface area contributed by atoms with Gasteiger partial charge in [0.2, 0.25) is 5.89 Å². The SMILES string of the molecule is CN=C(NCc1noc(C)n1)N1CCN(C/C=C/c2ccccc2)CC1. The topological polar surface area (TPSA) is 69.8 Å². The molecule has 0 unspecified atom stereocenters. The predicted molar refractivity (Wildman–Crippen MR) is 103 cm³/mol. The molecule has 7 heteroatoms. The van der Waals surface area contributed by atoms with Crippen LogP contribution in [-0.4, -0.2) is 65.7 Å². The van der Waals surface area contributed by atoms with E-state index in [0.29, 0.717) is 18.3 Å². The van der Waals surface area contributed by atoms with Gasteiger partial charge in [-0.05, 0) is 5.56 Å². The highest BCUT2D eigenvalue weighted by Crippen LogP contribution is 2.05. The predicted octanol–water partition coefficient (Wildman–Crippen LogP) is 1.78. The number of aryl methyl sites for hydroxylation is 1. The Morgan fingerprint density at radius 1 is 1.23 bits per heavy atom. The quantitative estimate of drug-likeness (QED) is 0.652. The van der Waals surface area contributed by atoms with Crippen LogP contribution in [-0.2, 0) is 6.54 Å². The van der Waals surface area contributed by atoms with Gasteiger partial charge in [-0.3, -0.25) is 9.89 Å². The lowest BCUT2D eigenvalue weighted by Gasteiger charge is -2.35. The van der Waals surface area contributed by atoms with Crippen molar-refractivity contribution in [2.24, 2.45) is 4.99 Å². The molecular formula is C19H26N6O. The van der Waals surface area contributed by atoms with Gasteiger partial charge in [-0.15, -0.1) is 0 Å². The Hall–Kier alpha value is -2.67. The van der Waals surface area contributed by atoms with E-state index in [-0.39, 0.29) is 0 Å². The molecule has 0 atom stereocenters. The molecule has 1 saturated heterocycles. The van der Waals surface area contributed by atoms with Crippen LogP contribution in [0.2, 0.25) is 0 Å². The van der Waals surface area contributed by atoms with E-state index < -0.39 is 0 Å². The summed E-state index contributed by atoms with van der Waals surface area (Å²) in [5.41, 5.74) is 1.24. The van der Waals surface area contributed by atoms with Crippen molar-refractivity contribution < 1.29 is 4.52 Å². The molecule has 26 heavy (non-hydrogen) atoms. The molecule has 0 amide bonds. The molecule has 0 aliphatic carbocycles. The van der Waals surface area contributed by atoms with Crippen LogP contribution >= 0.6 is 0 Å². The van der Waals surface area contributed by atoms with Gasteiger partial charge in [0.15, 0.2) is 11.8 Å². The Morgan fingerprint density at radius 2 is 2.00 bits per heavy atom. The average Bonchev–Trinajstić information content (AvgIpc) is 3.09. The van der Waals surface area contributed by atoms with E-state index in [4.69, 9.17) is 4.52 Å². The highest BCUT2D eigenvalue weighted by molar-refractivity contribution is 5.79. The number of nitrogens with zero attached hydrogens (tertiary/aromatic N) is 5. The number of nitrogens with one attached hydrogen (secondary N) is 1. The van der Waals surface area contributed by atoms with Crippen LogP contribution in [0.5, 0.6) is 0 Å². The molecule has 3 rings (SSSR count). The van der Waals surface area contributed by atoms with Gasteiger partial charge in [0, 0.05) is 46.7 Å². The second-order valence-electron chi connectivity index (χ2n) is 6.23. The fraction of sp³-hybridized carbons (Fsp3) is 0.421. The van der Waals surface area contributed by atoms with Crippen molar-refractivity contribution in [2.75, 3.05) is 39.8 Å². The Morgan fingerprint density at radius 3 is 2.65 bits per heavy atom. The number of benzene rings is 1. The highest BCUT2D eigenvalue weighted by atomic mass is 16.5. The van der Waals surface area contributed by atoms with Gasteiger partial charge in [-0.1, -0.05) is 47.6 Å². The third-order valence-electron chi connectivity index (χ3n) is 4.33. The van der Waals surface area contributed by atoms with E-state index in [0.717, 1.165) is 38.7 Å². The molecule has 1 aliphatic heterocycles. The van der Waals surface area contributed by atoms with Gasteiger partial charge in [0.25, 0.3) is 0 Å². The number of aromatic nitrogens is 2. The lowest BCUT2D eigenvalue weighted by Crippen LogP contribution is -2.52. The van der Waals surface area contributed by atoms with Crippen LogP contribution < -0.4 is 5.32 Å². The summed E-state index contributed by atoms with van der Waals surface area (Å²) < 4.78 is 4.99. The average molecular weight is 354 g/mol. The third-order valence-corrected chi connectivity index (χ3v) is 4.33. The second kappa shape index (κ2) is 9.15. The Labute approximate surface area is 154 Å². The molecular weight excluding hydrogens is 328 g/mol. The maximum atomic E-state index is 4.99. The molecule has 0 radical (unpaired) electrons. The fourth-order valence-corrected chi connectivity index (χ4v) is 2.95. The van der Waals surface area contributed by atoms with Crippen molar-refractivity contribution in [3.8, 4) is 0 Å². The van der Waals surface area contributed by atoms with E-state index in [1.54, 1.807) is 14.0 Å². The molecule has 1 N–H and O–H groups in total. The first-order valence-corrected chi connectivity index (χ1v) is 8.93. The highest BCUT2D eigenvalue weighted by Gasteiger charge is 2.19. The molecule has 0 saturated carbocycles. The van der Waals surface area contributed by atoms with Crippen molar-refractivity contribution in [2.45, 2.75) is 13.5 Å². The summed E-state index contributed by atoms with van der Waals surface area (Å²) in [4.78, 5) is 13.3. The zero-order valence-corrected chi connectivity index (χ0v) is 15.4. The Balaban J connectivity index is 1.42. The summed E-state index contributed by atoms with van der Waals surface area (Å²) in [6.07, 6.45) is 4.41. The molecule has 2 heterocycles. The van der Waals surface area contributed by atoms with Crippen molar-refractivity contribution in [3.63, 3.8) is 0 Å². The summed E-state index contributed by atoms with van der Waals surface area (Å²) >= 11 is 0. The molecule has 0 bridgehead atoms. The van der Waals surface area contributed by atoms with Gasteiger partial charge < -0.3 is 14.7 Å². The van der Waals surface area contributed by atoms with E-state index >= 15 is 0 Å². The molecule has 1 aliphatic rings. The lowest BCUT2D eigenvalue weighted by molar-refractivity contribution is 0.194. The number of guanidine groups is 1. The summed E-state index contributed by atoms with van der Waals surface area (Å²) in [6, 6.07) is 10.4. The van der Waals surface area contributed by atoms with E-state index in [1.165, 1.54) is 5.56 Å². The van der Waals surface area contributed by atoms with Gasteiger partial charge in [0.05, 0.1) is 6.54 Å². The second-order valence-corrected chi connectivity index (χ2v) is 6.23. The number of aliphatic imine (C=N–C) groups is 1. The van der Waals surface area contributed by atoms with Gasteiger partial charge in [-0.2, -0.15) is 4.98 Å². The van der Waals surface area contributed by atoms with Crippen LogP contribution in [0.4, 0.5) is 0 Å². The zero-order chi connectivity index (χ0) is 18.2. The number of hydrogen-bond acceptors (Lipinski definition) is 5. The summed E-state index contributed by atoms with van der Waals surface area (Å²) in [6.45, 7) is 7.20. The molecule has 7 nitrogen and oxygen atoms in total. The Kier molecular flexibility index (Phi) is 6.38. The van der Waals surface area contributed by atoms with Crippen LogP contribution in [0, 0.1) is 6.92 Å². The fourth-order valence-electron chi connectivity index (χ4n) is 2.95. The van der Waals surface area contributed by atoms with Crippen LogP contribution in [0.3, 0.4) is 0 Å². The molecule has 138 valence electrons. The first kappa shape index (κ1) is 18.1. The van der Waals surface area contributed by atoms with Gasteiger partial charge >= 0.3 is 0 Å². The normalized spacial score (nSPS) is 16.4.